The van der Waals surface area contributed by atoms with Crippen molar-refractivity contribution >= 4 is 11.5 Å². The third-order valence-electron chi connectivity index (χ3n) is 3.49. The maximum Gasteiger partial charge on any atom is 0.129 e. The van der Waals surface area contributed by atoms with Crippen LogP contribution in [0.15, 0.2) is 66.9 Å². The largest absolute Gasteiger partial charge is 0.494 e. The molecule has 1 heterocycles. The van der Waals surface area contributed by atoms with E-state index in [0.717, 1.165) is 36.8 Å². The van der Waals surface area contributed by atoms with Crippen molar-refractivity contribution in [3.63, 3.8) is 0 Å². The average molecular weight is 307 g/mol. The van der Waals surface area contributed by atoms with Crippen LogP contribution in [0.2, 0.25) is 0 Å². The Bertz CT molecular complexity index is 720. The molecule has 0 aliphatic carbocycles. The van der Waals surface area contributed by atoms with Gasteiger partial charge in [0.1, 0.15) is 11.6 Å². The van der Waals surface area contributed by atoms with Gasteiger partial charge in [0.25, 0.3) is 0 Å². The van der Waals surface area contributed by atoms with Crippen molar-refractivity contribution in [1.82, 2.24) is 9.78 Å². The van der Waals surface area contributed by atoms with Crippen molar-refractivity contribution in [3.8, 4) is 5.75 Å². The van der Waals surface area contributed by atoms with E-state index in [1.165, 1.54) is 5.56 Å². The quantitative estimate of drug-likeness (QED) is 0.700. The highest BCUT2D eigenvalue weighted by molar-refractivity contribution is 5.57. The molecule has 0 unspecified atom stereocenters. The first-order chi connectivity index (χ1) is 11.3. The Kier molecular flexibility index (Phi) is 4.94. The topological polar surface area (TPSA) is 39.1 Å². The number of benzene rings is 2. The van der Waals surface area contributed by atoms with Crippen LogP contribution >= 0.6 is 0 Å². The molecule has 4 nitrogen and oxygen atoms in total. The van der Waals surface area contributed by atoms with Gasteiger partial charge in [0, 0.05) is 11.8 Å². The summed E-state index contributed by atoms with van der Waals surface area (Å²) in [7, 11) is 0. The minimum atomic E-state index is 0.744. The molecule has 2 aromatic carbocycles. The Balaban J connectivity index is 1.67. The summed E-state index contributed by atoms with van der Waals surface area (Å²) in [5.74, 6) is 1.87. The summed E-state index contributed by atoms with van der Waals surface area (Å²) in [5.41, 5.74) is 2.24. The monoisotopic (exact) mass is 307 g/mol. The molecule has 0 saturated carbocycles. The van der Waals surface area contributed by atoms with Crippen LogP contribution in [0.1, 0.15) is 18.9 Å². The Hall–Kier alpha value is -2.75. The lowest BCUT2D eigenvalue weighted by molar-refractivity contribution is 0.317. The van der Waals surface area contributed by atoms with Crippen LogP contribution in [-0.4, -0.2) is 16.4 Å². The van der Waals surface area contributed by atoms with Crippen LogP contribution < -0.4 is 10.1 Å². The standard InChI is InChI=1S/C19H21N3O/c1-2-14-23-18-10-8-17(9-11-18)21-19-12-13-20-22(19)15-16-6-4-3-5-7-16/h3-13,21H,2,14-15H2,1H3. The molecule has 23 heavy (non-hydrogen) atoms. The summed E-state index contributed by atoms with van der Waals surface area (Å²) < 4.78 is 7.56. The predicted octanol–water partition coefficient (Wildman–Crippen LogP) is 4.46. The van der Waals surface area contributed by atoms with Crippen LogP contribution in [0.4, 0.5) is 11.5 Å². The van der Waals surface area contributed by atoms with Crippen LogP contribution in [0.25, 0.3) is 0 Å². The van der Waals surface area contributed by atoms with Crippen molar-refractivity contribution in [3.05, 3.63) is 72.4 Å². The smallest absolute Gasteiger partial charge is 0.129 e. The van der Waals surface area contributed by atoms with E-state index in [2.05, 4.69) is 29.5 Å². The van der Waals surface area contributed by atoms with Crippen LogP contribution in [0.5, 0.6) is 5.75 Å². The lowest BCUT2D eigenvalue weighted by atomic mass is 10.2. The predicted molar refractivity (Wildman–Crippen MR) is 93.3 cm³/mol. The van der Waals surface area contributed by atoms with Crippen molar-refractivity contribution in [2.45, 2.75) is 19.9 Å². The highest BCUT2D eigenvalue weighted by Crippen LogP contribution is 2.20. The van der Waals surface area contributed by atoms with Gasteiger partial charge >= 0.3 is 0 Å². The molecule has 0 aliphatic rings. The number of hydrogen-bond donors (Lipinski definition) is 1. The zero-order valence-corrected chi connectivity index (χ0v) is 13.3. The molecule has 0 bridgehead atoms. The van der Waals surface area contributed by atoms with E-state index in [4.69, 9.17) is 4.74 Å². The first-order valence-corrected chi connectivity index (χ1v) is 7.91. The number of rotatable bonds is 7. The molecule has 0 spiro atoms. The van der Waals surface area contributed by atoms with E-state index in [0.29, 0.717) is 0 Å². The summed E-state index contributed by atoms with van der Waals surface area (Å²) in [6, 6.07) is 20.3. The summed E-state index contributed by atoms with van der Waals surface area (Å²) >= 11 is 0. The molecular formula is C19H21N3O. The molecule has 3 aromatic rings. The molecule has 0 atom stereocenters. The molecule has 0 amide bonds. The van der Waals surface area contributed by atoms with E-state index in [1.54, 1.807) is 0 Å². The number of hydrogen-bond acceptors (Lipinski definition) is 3. The molecule has 4 heteroatoms. The van der Waals surface area contributed by atoms with E-state index in [1.807, 2.05) is 59.4 Å². The fourth-order valence-electron chi connectivity index (χ4n) is 2.32. The highest BCUT2D eigenvalue weighted by atomic mass is 16.5. The van der Waals surface area contributed by atoms with Crippen LogP contribution in [-0.2, 0) is 6.54 Å². The van der Waals surface area contributed by atoms with Crippen molar-refractivity contribution in [2.75, 3.05) is 11.9 Å². The molecule has 1 N–H and O–H groups in total. The third kappa shape index (κ3) is 4.13. The van der Waals surface area contributed by atoms with Gasteiger partial charge in [-0.25, -0.2) is 4.68 Å². The maximum atomic E-state index is 5.60. The zero-order valence-electron chi connectivity index (χ0n) is 13.3. The van der Waals surface area contributed by atoms with E-state index < -0.39 is 0 Å². The van der Waals surface area contributed by atoms with Crippen molar-refractivity contribution in [1.29, 1.82) is 0 Å². The van der Waals surface area contributed by atoms with Gasteiger partial charge in [0.15, 0.2) is 0 Å². The Labute approximate surface area is 136 Å². The van der Waals surface area contributed by atoms with Gasteiger partial charge in [-0.05, 0) is 36.2 Å². The van der Waals surface area contributed by atoms with Gasteiger partial charge in [0.2, 0.25) is 0 Å². The summed E-state index contributed by atoms with van der Waals surface area (Å²) in [6.07, 6.45) is 2.82. The minimum absolute atomic E-state index is 0.744. The van der Waals surface area contributed by atoms with Gasteiger partial charge in [-0.2, -0.15) is 5.10 Å². The number of ether oxygens (including phenoxy) is 1. The second kappa shape index (κ2) is 7.49. The minimum Gasteiger partial charge on any atom is -0.494 e. The number of aromatic nitrogens is 2. The van der Waals surface area contributed by atoms with Gasteiger partial charge < -0.3 is 10.1 Å². The van der Waals surface area contributed by atoms with Crippen molar-refractivity contribution in [2.24, 2.45) is 0 Å². The maximum absolute atomic E-state index is 5.60. The molecular weight excluding hydrogens is 286 g/mol. The SMILES string of the molecule is CCCOc1ccc(Nc2ccnn2Cc2ccccc2)cc1. The first kappa shape index (κ1) is 15.2. The lowest BCUT2D eigenvalue weighted by Crippen LogP contribution is -2.06. The van der Waals surface area contributed by atoms with E-state index in [9.17, 15) is 0 Å². The first-order valence-electron chi connectivity index (χ1n) is 7.91. The Morgan fingerprint density at radius 3 is 2.52 bits per heavy atom. The zero-order chi connectivity index (χ0) is 15.9. The fourth-order valence-corrected chi connectivity index (χ4v) is 2.32. The van der Waals surface area contributed by atoms with Gasteiger partial charge in [-0.15, -0.1) is 0 Å². The Morgan fingerprint density at radius 1 is 1.00 bits per heavy atom. The normalized spacial score (nSPS) is 10.5. The molecule has 1 aromatic heterocycles. The summed E-state index contributed by atoms with van der Waals surface area (Å²) in [5, 5.41) is 7.80. The van der Waals surface area contributed by atoms with Gasteiger partial charge in [-0.3, -0.25) is 0 Å². The van der Waals surface area contributed by atoms with E-state index in [-0.39, 0.29) is 0 Å². The number of nitrogens with one attached hydrogen (secondary N) is 1. The summed E-state index contributed by atoms with van der Waals surface area (Å²) in [6.45, 7) is 3.59. The molecule has 0 radical (unpaired) electrons. The molecule has 0 aliphatic heterocycles. The third-order valence-corrected chi connectivity index (χ3v) is 3.49. The molecule has 0 fully saturated rings. The van der Waals surface area contributed by atoms with Crippen LogP contribution in [0, 0.1) is 0 Å². The van der Waals surface area contributed by atoms with Gasteiger partial charge in [-0.1, -0.05) is 37.3 Å². The highest BCUT2D eigenvalue weighted by Gasteiger charge is 2.04. The second-order valence-corrected chi connectivity index (χ2v) is 5.36. The molecule has 118 valence electrons. The number of anilines is 2. The number of nitrogens with zero attached hydrogens (tertiary/aromatic N) is 2. The summed E-state index contributed by atoms with van der Waals surface area (Å²) in [4.78, 5) is 0. The molecule has 0 saturated heterocycles. The molecule has 3 rings (SSSR count). The second-order valence-electron chi connectivity index (χ2n) is 5.36. The average Bonchev–Trinajstić information content (AvgIpc) is 3.02. The van der Waals surface area contributed by atoms with E-state index >= 15 is 0 Å². The fraction of sp³-hybridized carbons (Fsp3) is 0.211. The lowest BCUT2D eigenvalue weighted by Gasteiger charge is -2.11. The Morgan fingerprint density at radius 2 is 1.78 bits per heavy atom. The van der Waals surface area contributed by atoms with Gasteiger partial charge in [0.05, 0.1) is 19.3 Å². The van der Waals surface area contributed by atoms with Crippen LogP contribution in [0.3, 0.4) is 0 Å². The van der Waals surface area contributed by atoms with Crippen molar-refractivity contribution < 1.29 is 4.74 Å².